The highest BCUT2D eigenvalue weighted by atomic mass is 32.1. The lowest BCUT2D eigenvalue weighted by atomic mass is 9.33. The van der Waals surface area contributed by atoms with Crippen LogP contribution in [0.1, 0.15) is 157 Å². The number of thiazole rings is 1. The van der Waals surface area contributed by atoms with Crippen molar-refractivity contribution in [2.24, 2.45) is 0 Å². The molecule has 3 nitrogen and oxygen atoms in total. The Morgan fingerprint density at radius 3 is 1.47 bits per heavy atom. The fourth-order valence-electron chi connectivity index (χ4n) is 11.8. The molecule has 0 saturated heterocycles. The molecule has 0 bridgehead atoms. The largest absolute Gasteiger partial charge is 0.311 e. The van der Waals surface area contributed by atoms with Gasteiger partial charge in [-0.05, 0) is 161 Å². The first kappa shape index (κ1) is 48.4. The Labute approximate surface area is 435 Å². The SMILES string of the molecule is CC(C)(C)c1ccc(-c2ccc(-c3nc4cc5c(cc4s3)B3c4cc(C(C)(C)C)ccc4N(c4ccc(C(C)(C)C)cc4)c4cc(C(C)(C)C)cc(c43)N5c3ccc4c(c3)C(C)(C)CCC4(C)C)cc2)cc1. The van der Waals surface area contributed by atoms with Crippen molar-refractivity contribution in [2.75, 3.05) is 9.80 Å². The Morgan fingerprint density at radius 2 is 0.903 bits per heavy atom. The third-order valence-corrected chi connectivity index (χ3v) is 17.7. The van der Waals surface area contributed by atoms with Crippen LogP contribution >= 0.6 is 11.3 Å². The maximum atomic E-state index is 5.52. The zero-order valence-corrected chi connectivity index (χ0v) is 46.8. The third-order valence-electron chi connectivity index (χ3n) is 16.6. The molecule has 0 radical (unpaired) electrons. The van der Waals surface area contributed by atoms with Crippen LogP contribution in [0.5, 0.6) is 0 Å². The Hall–Kier alpha value is -5.91. The zero-order valence-electron chi connectivity index (χ0n) is 45.9. The zero-order chi connectivity index (χ0) is 51.2. The molecule has 0 unspecified atom stereocenters. The van der Waals surface area contributed by atoms with E-state index in [0.717, 1.165) is 22.5 Å². The van der Waals surface area contributed by atoms with Crippen LogP contribution in [-0.4, -0.2) is 11.7 Å². The summed E-state index contributed by atoms with van der Waals surface area (Å²) in [5.41, 5.74) is 24.5. The van der Waals surface area contributed by atoms with E-state index in [2.05, 4.69) is 254 Å². The summed E-state index contributed by atoms with van der Waals surface area (Å²) in [6.07, 6.45) is 2.34. The van der Waals surface area contributed by atoms with E-state index in [0.29, 0.717) is 0 Å². The van der Waals surface area contributed by atoms with Crippen LogP contribution in [0, 0.1) is 0 Å². The lowest BCUT2D eigenvalue weighted by molar-refractivity contribution is 0.332. The predicted octanol–water partition coefficient (Wildman–Crippen LogP) is 17.3. The van der Waals surface area contributed by atoms with Crippen LogP contribution in [0.2, 0.25) is 0 Å². The fourth-order valence-corrected chi connectivity index (χ4v) is 12.8. The molecular formula is C67H74BN3S. The normalized spacial score (nSPS) is 16.1. The molecule has 0 spiro atoms. The van der Waals surface area contributed by atoms with Gasteiger partial charge in [-0.1, -0.05) is 190 Å². The van der Waals surface area contributed by atoms with Crippen molar-refractivity contribution in [3.8, 4) is 21.7 Å². The summed E-state index contributed by atoms with van der Waals surface area (Å²) >= 11 is 1.82. The summed E-state index contributed by atoms with van der Waals surface area (Å²) in [5, 5.41) is 1.04. The summed E-state index contributed by atoms with van der Waals surface area (Å²) in [7, 11) is 0. The van der Waals surface area contributed by atoms with Crippen molar-refractivity contribution in [2.45, 2.75) is 156 Å². The standard InChI is InChI=1S/C67H74BN3S/c1-62(2,3)44-23-21-42(22-24-44)41-17-19-43(20-18-41)61-69-54-40-56-53(39-59(54)72-61)68-52-35-46(64(7,8)9)27-32-55(52)70(48-28-25-45(26-29-48)63(4,5)6)57-36-47(65(10,11)12)37-58(60(57)68)71(56)49-30-31-50-51(38-49)67(15,16)34-33-66(50,13)14/h17-32,35-40H,33-34H2,1-16H3. The minimum Gasteiger partial charge on any atom is -0.311 e. The first-order valence-electron chi connectivity index (χ1n) is 26.5. The Balaban J connectivity index is 1.17. The molecule has 0 N–H and O–H groups in total. The van der Waals surface area contributed by atoms with Gasteiger partial charge in [-0.25, -0.2) is 4.98 Å². The molecule has 0 amide bonds. The highest BCUT2D eigenvalue weighted by Crippen LogP contribution is 2.51. The summed E-state index contributed by atoms with van der Waals surface area (Å²) in [5.74, 6) is 0. The van der Waals surface area contributed by atoms with Crippen molar-refractivity contribution in [3.05, 3.63) is 167 Å². The lowest BCUT2D eigenvalue weighted by Crippen LogP contribution is -2.61. The molecule has 3 heterocycles. The van der Waals surface area contributed by atoms with Crippen molar-refractivity contribution in [1.82, 2.24) is 4.98 Å². The molecule has 0 fully saturated rings. The number of fused-ring (bicyclic) bond motifs is 6. The molecule has 0 atom stereocenters. The molecule has 11 rings (SSSR count). The van der Waals surface area contributed by atoms with Crippen LogP contribution < -0.4 is 26.2 Å². The van der Waals surface area contributed by atoms with Gasteiger partial charge in [0.05, 0.1) is 10.2 Å². The Bertz CT molecular complexity index is 3430. The third kappa shape index (κ3) is 8.14. The molecule has 72 heavy (non-hydrogen) atoms. The van der Waals surface area contributed by atoms with E-state index in [9.17, 15) is 0 Å². The summed E-state index contributed by atoms with van der Waals surface area (Å²) in [6.45, 7) is 37.7. The van der Waals surface area contributed by atoms with Crippen LogP contribution in [0.15, 0.2) is 133 Å². The monoisotopic (exact) mass is 964 g/mol. The quantitative estimate of drug-likeness (QED) is 0.164. The minimum atomic E-state index is -0.119. The molecule has 1 aliphatic carbocycles. The number of nitrogens with zero attached hydrogens (tertiary/aromatic N) is 3. The van der Waals surface area contributed by atoms with Gasteiger partial charge in [-0.3, -0.25) is 0 Å². The first-order chi connectivity index (χ1) is 33.7. The van der Waals surface area contributed by atoms with Gasteiger partial charge in [-0.15, -0.1) is 11.3 Å². The van der Waals surface area contributed by atoms with Crippen LogP contribution in [0.25, 0.3) is 31.9 Å². The van der Waals surface area contributed by atoms with Crippen molar-refractivity contribution in [3.63, 3.8) is 0 Å². The van der Waals surface area contributed by atoms with E-state index in [1.807, 2.05) is 11.3 Å². The maximum Gasteiger partial charge on any atom is 0.252 e. The summed E-state index contributed by atoms with van der Waals surface area (Å²) in [6, 6.07) is 52.3. The lowest BCUT2D eigenvalue weighted by Gasteiger charge is -2.46. The van der Waals surface area contributed by atoms with Crippen molar-refractivity contribution < 1.29 is 0 Å². The predicted molar refractivity (Wildman–Crippen MR) is 315 cm³/mol. The molecule has 8 aromatic rings. The average molecular weight is 964 g/mol. The van der Waals surface area contributed by atoms with E-state index in [1.54, 1.807) is 0 Å². The molecule has 0 saturated carbocycles. The topological polar surface area (TPSA) is 19.4 Å². The Kier molecular flexibility index (Phi) is 10.9. The van der Waals surface area contributed by atoms with Gasteiger partial charge in [0.25, 0.3) is 6.71 Å². The maximum absolute atomic E-state index is 5.52. The van der Waals surface area contributed by atoms with Crippen molar-refractivity contribution >= 4 is 78.8 Å². The summed E-state index contributed by atoms with van der Waals surface area (Å²) in [4.78, 5) is 10.7. The Morgan fingerprint density at radius 1 is 0.431 bits per heavy atom. The summed E-state index contributed by atoms with van der Waals surface area (Å²) < 4.78 is 1.21. The van der Waals surface area contributed by atoms with Crippen LogP contribution in [0.4, 0.5) is 34.1 Å². The smallest absolute Gasteiger partial charge is 0.252 e. The number of hydrogen-bond donors (Lipinski definition) is 0. The highest BCUT2D eigenvalue weighted by Gasteiger charge is 2.46. The average Bonchev–Trinajstić information content (AvgIpc) is 3.74. The van der Waals surface area contributed by atoms with Gasteiger partial charge in [-0.2, -0.15) is 0 Å². The van der Waals surface area contributed by atoms with Crippen LogP contribution in [-0.2, 0) is 32.5 Å². The van der Waals surface area contributed by atoms with Crippen molar-refractivity contribution in [1.29, 1.82) is 0 Å². The molecule has 7 aromatic carbocycles. The van der Waals surface area contributed by atoms with Gasteiger partial charge < -0.3 is 9.80 Å². The molecule has 366 valence electrons. The van der Waals surface area contributed by atoms with E-state index in [1.165, 1.54) is 106 Å². The van der Waals surface area contributed by atoms with Crippen LogP contribution in [0.3, 0.4) is 0 Å². The molecule has 3 aliphatic rings. The number of anilines is 6. The van der Waals surface area contributed by atoms with E-state index >= 15 is 0 Å². The second-order valence-electron chi connectivity index (χ2n) is 26.9. The van der Waals surface area contributed by atoms with Gasteiger partial charge >= 0.3 is 0 Å². The fraction of sp³-hybridized carbons (Fsp3) is 0.358. The number of rotatable bonds is 4. The molecule has 5 heteroatoms. The second kappa shape index (κ2) is 16.3. The number of hydrogen-bond acceptors (Lipinski definition) is 4. The van der Waals surface area contributed by atoms with E-state index < -0.39 is 0 Å². The van der Waals surface area contributed by atoms with Gasteiger partial charge in [0.1, 0.15) is 5.01 Å². The van der Waals surface area contributed by atoms with Gasteiger partial charge in [0, 0.05) is 39.7 Å². The number of aromatic nitrogens is 1. The van der Waals surface area contributed by atoms with Gasteiger partial charge in [0.2, 0.25) is 0 Å². The minimum absolute atomic E-state index is 0.00965. The second-order valence-corrected chi connectivity index (χ2v) is 27.9. The first-order valence-corrected chi connectivity index (χ1v) is 27.3. The molecular weight excluding hydrogens is 890 g/mol. The highest BCUT2D eigenvalue weighted by molar-refractivity contribution is 7.21. The van der Waals surface area contributed by atoms with E-state index in [-0.39, 0.29) is 39.2 Å². The molecule has 1 aromatic heterocycles. The van der Waals surface area contributed by atoms with Gasteiger partial charge in [0.15, 0.2) is 0 Å². The number of benzene rings is 7. The molecule has 2 aliphatic heterocycles. The van der Waals surface area contributed by atoms with E-state index in [4.69, 9.17) is 4.98 Å².